The second-order valence-electron chi connectivity index (χ2n) is 9.61. The molecule has 0 bridgehead atoms. The fraction of sp³-hybridized carbons (Fsp3) is 0.536. The molecular weight excluding hydrogens is 522 g/mol. The largest absolute Gasteiger partial charge is 0.481 e. The molecule has 11 heteroatoms. The number of thiophene rings is 1. The Morgan fingerprint density at radius 3 is 2.56 bits per heavy atom. The molecule has 2 heterocycles. The number of carbonyl (C=O) groups excluding carboxylic acids is 2. The Kier molecular flexibility index (Phi) is 11.7. The van der Waals surface area contributed by atoms with Gasteiger partial charge in [0, 0.05) is 11.4 Å². The third-order valence-electron chi connectivity index (χ3n) is 6.55. The van der Waals surface area contributed by atoms with Crippen molar-refractivity contribution in [3.63, 3.8) is 0 Å². The van der Waals surface area contributed by atoms with Gasteiger partial charge < -0.3 is 34.9 Å². The molecule has 3 rings (SSSR count). The summed E-state index contributed by atoms with van der Waals surface area (Å²) in [5.74, 6) is -0.890. The Labute approximate surface area is 233 Å². The van der Waals surface area contributed by atoms with Crippen molar-refractivity contribution in [1.82, 2.24) is 15.5 Å². The van der Waals surface area contributed by atoms with E-state index in [0.29, 0.717) is 36.6 Å². The van der Waals surface area contributed by atoms with Gasteiger partial charge in [0.2, 0.25) is 6.79 Å². The third-order valence-corrected chi connectivity index (χ3v) is 7.41. The van der Waals surface area contributed by atoms with Crippen molar-refractivity contribution in [1.29, 1.82) is 0 Å². The summed E-state index contributed by atoms with van der Waals surface area (Å²) in [4.78, 5) is 40.6. The first-order valence-corrected chi connectivity index (χ1v) is 14.3. The Hall–Kier alpha value is -3.47. The highest BCUT2D eigenvalue weighted by atomic mass is 32.1. The summed E-state index contributed by atoms with van der Waals surface area (Å²) in [6.07, 6.45) is 3.75. The first-order chi connectivity index (χ1) is 18.8. The quantitative estimate of drug-likeness (QED) is 0.261. The van der Waals surface area contributed by atoms with Gasteiger partial charge >= 0.3 is 18.1 Å². The average Bonchev–Trinajstić information content (AvgIpc) is 3.62. The van der Waals surface area contributed by atoms with Gasteiger partial charge in [-0.3, -0.25) is 4.79 Å². The van der Waals surface area contributed by atoms with Gasteiger partial charge in [0.05, 0.1) is 24.5 Å². The fourth-order valence-corrected chi connectivity index (χ4v) is 4.92. The molecule has 0 radical (unpaired) electrons. The molecule has 3 N–H and O–H groups in total. The molecule has 1 aliphatic rings. The van der Waals surface area contributed by atoms with Gasteiger partial charge in [-0.05, 0) is 48.9 Å². The molecule has 0 saturated carbocycles. The van der Waals surface area contributed by atoms with Gasteiger partial charge in [0.25, 0.3) is 0 Å². The number of amides is 3. The number of hydrogen-bond donors (Lipinski definition) is 3. The maximum atomic E-state index is 13.1. The molecule has 0 fully saturated rings. The van der Waals surface area contributed by atoms with E-state index < -0.39 is 36.1 Å². The molecule has 0 saturated heterocycles. The van der Waals surface area contributed by atoms with Crippen molar-refractivity contribution in [3.05, 3.63) is 46.2 Å². The summed E-state index contributed by atoms with van der Waals surface area (Å²) in [6.45, 7) is 6.82. The lowest BCUT2D eigenvalue weighted by Crippen LogP contribution is -2.47. The molecular formula is C28H39N3O7S. The standard InChI is InChI=1S/C28H39N3O7S/c1-4-6-9-21(17-36-28(35)31(13-7-5-2)16-22-10-8-14-39-22)29-27(34)30-25(19(3)26(32)33)20-11-12-23-24(15-20)38-18-37-23/h8,10-12,14-15,19,21,25H,4-7,9,13,16-18H2,1-3H3,(H,32,33)(H2,29,30,34)/t19?,21-,25-/m0/s1. The SMILES string of the molecule is CCCC[C@@H](COC(=O)N(CCCC)Cc1cccs1)NC(=O)N[C@H](c1ccc2c(c1)OCO2)C(C)C(=O)O. The van der Waals surface area contributed by atoms with Crippen LogP contribution in [0.1, 0.15) is 69.4 Å². The maximum Gasteiger partial charge on any atom is 0.410 e. The van der Waals surface area contributed by atoms with Crippen molar-refractivity contribution >= 4 is 29.4 Å². The van der Waals surface area contributed by atoms with E-state index in [-0.39, 0.29) is 13.4 Å². The van der Waals surface area contributed by atoms with Gasteiger partial charge in [-0.2, -0.15) is 0 Å². The molecule has 0 spiro atoms. The number of ether oxygens (including phenoxy) is 3. The number of urea groups is 1. The van der Waals surface area contributed by atoms with Gasteiger partial charge in [-0.1, -0.05) is 45.2 Å². The zero-order chi connectivity index (χ0) is 28.2. The smallest absolute Gasteiger partial charge is 0.410 e. The summed E-state index contributed by atoms with van der Waals surface area (Å²) in [5.41, 5.74) is 0.584. The van der Waals surface area contributed by atoms with E-state index >= 15 is 0 Å². The number of benzene rings is 1. The van der Waals surface area contributed by atoms with Crippen LogP contribution in [0.2, 0.25) is 0 Å². The monoisotopic (exact) mass is 561 g/mol. The van der Waals surface area contributed by atoms with Crippen LogP contribution in [0.3, 0.4) is 0 Å². The fourth-order valence-electron chi connectivity index (χ4n) is 4.20. The van der Waals surface area contributed by atoms with E-state index in [2.05, 4.69) is 17.6 Å². The number of rotatable bonds is 15. The zero-order valence-corrected chi connectivity index (χ0v) is 23.6. The third kappa shape index (κ3) is 9.05. The van der Waals surface area contributed by atoms with Crippen LogP contribution >= 0.6 is 11.3 Å². The minimum Gasteiger partial charge on any atom is -0.481 e. The van der Waals surface area contributed by atoms with E-state index in [1.807, 2.05) is 24.4 Å². The van der Waals surface area contributed by atoms with Crippen LogP contribution in [0.15, 0.2) is 35.7 Å². The average molecular weight is 562 g/mol. The number of hydrogen-bond acceptors (Lipinski definition) is 7. The maximum absolute atomic E-state index is 13.1. The first kappa shape index (κ1) is 30.1. The molecule has 1 aromatic carbocycles. The lowest BCUT2D eigenvalue weighted by Gasteiger charge is -2.26. The number of unbranched alkanes of at least 4 members (excludes halogenated alkanes) is 2. The molecule has 214 valence electrons. The Morgan fingerprint density at radius 2 is 1.87 bits per heavy atom. The van der Waals surface area contributed by atoms with Crippen molar-refractivity contribution in [2.75, 3.05) is 19.9 Å². The van der Waals surface area contributed by atoms with E-state index in [1.165, 1.54) is 6.92 Å². The number of fused-ring (bicyclic) bond motifs is 1. The van der Waals surface area contributed by atoms with Crippen molar-refractivity contribution < 1.29 is 33.7 Å². The number of carboxylic acids is 1. The second kappa shape index (κ2) is 15.2. The van der Waals surface area contributed by atoms with Crippen LogP contribution in [-0.4, -0.2) is 54.1 Å². The summed E-state index contributed by atoms with van der Waals surface area (Å²) < 4.78 is 16.4. The number of carboxylic acid groups (broad SMARTS) is 1. The summed E-state index contributed by atoms with van der Waals surface area (Å²) >= 11 is 1.59. The molecule has 1 aliphatic heterocycles. The summed E-state index contributed by atoms with van der Waals surface area (Å²) in [7, 11) is 0. The minimum absolute atomic E-state index is 0.0164. The molecule has 3 amide bonds. The van der Waals surface area contributed by atoms with Crippen molar-refractivity contribution in [2.45, 2.75) is 71.5 Å². The Bertz CT molecular complexity index is 1080. The highest BCUT2D eigenvalue weighted by Gasteiger charge is 2.29. The molecule has 3 atom stereocenters. The van der Waals surface area contributed by atoms with E-state index in [1.54, 1.807) is 34.4 Å². The van der Waals surface area contributed by atoms with E-state index in [0.717, 1.165) is 30.6 Å². The molecule has 10 nitrogen and oxygen atoms in total. The van der Waals surface area contributed by atoms with Crippen LogP contribution in [0.5, 0.6) is 11.5 Å². The topological polar surface area (TPSA) is 126 Å². The first-order valence-electron chi connectivity index (χ1n) is 13.5. The van der Waals surface area contributed by atoms with Crippen LogP contribution in [0.4, 0.5) is 9.59 Å². The lowest BCUT2D eigenvalue weighted by atomic mass is 9.94. The Morgan fingerprint density at radius 1 is 1.10 bits per heavy atom. The molecule has 2 aromatic rings. The second-order valence-corrected chi connectivity index (χ2v) is 10.6. The molecule has 1 unspecified atom stereocenters. The van der Waals surface area contributed by atoms with Gasteiger partial charge in [-0.15, -0.1) is 11.3 Å². The van der Waals surface area contributed by atoms with Gasteiger partial charge in [0.15, 0.2) is 11.5 Å². The predicted octanol–water partition coefficient (Wildman–Crippen LogP) is 5.54. The summed E-state index contributed by atoms with van der Waals surface area (Å²) in [5, 5.41) is 17.3. The normalized spacial score (nSPS) is 14.2. The predicted molar refractivity (Wildman–Crippen MR) is 148 cm³/mol. The highest BCUT2D eigenvalue weighted by molar-refractivity contribution is 7.09. The van der Waals surface area contributed by atoms with E-state index in [4.69, 9.17) is 14.2 Å². The molecule has 39 heavy (non-hydrogen) atoms. The zero-order valence-electron chi connectivity index (χ0n) is 22.8. The molecule has 1 aromatic heterocycles. The number of carbonyl (C=O) groups is 3. The summed E-state index contributed by atoms with van der Waals surface area (Å²) in [6, 6.07) is 7.25. The molecule has 0 aliphatic carbocycles. The Balaban J connectivity index is 1.64. The van der Waals surface area contributed by atoms with Gasteiger partial charge in [-0.25, -0.2) is 9.59 Å². The lowest BCUT2D eigenvalue weighted by molar-refractivity contribution is -0.142. The number of nitrogens with one attached hydrogen (secondary N) is 2. The highest BCUT2D eigenvalue weighted by Crippen LogP contribution is 2.35. The van der Waals surface area contributed by atoms with Crippen LogP contribution in [0, 0.1) is 5.92 Å². The van der Waals surface area contributed by atoms with Gasteiger partial charge in [0.1, 0.15) is 6.61 Å². The number of nitrogens with zero attached hydrogens (tertiary/aromatic N) is 1. The van der Waals surface area contributed by atoms with Crippen molar-refractivity contribution in [2.24, 2.45) is 5.92 Å². The van der Waals surface area contributed by atoms with Crippen LogP contribution in [-0.2, 0) is 16.1 Å². The number of aliphatic carboxylic acids is 1. The van der Waals surface area contributed by atoms with E-state index in [9.17, 15) is 19.5 Å². The van der Waals surface area contributed by atoms with Crippen molar-refractivity contribution in [3.8, 4) is 11.5 Å². The van der Waals surface area contributed by atoms with Crippen LogP contribution < -0.4 is 20.1 Å². The minimum atomic E-state index is -1.05. The van der Waals surface area contributed by atoms with Crippen LogP contribution in [0.25, 0.3) is 0 Å².